The van der Waals surface area contributed by atoms with Gasteiger partial charge in [0.15, 0.2) is 5.03 Å². The van der Waals surface area contributed by atoms with Crippen LogP contribution in [0.4, 0.5) is 15.1 Å². The first-order chi connectivity index (χ1) is 12.8. The van der Waals surface area contributed by atoms with Crippen molar-refractivity contribution in [3.63, 3.8) is 0 Å². The highest BCUT2D eigenvalue weighted by Gasteiger charge is 2.26. The topological polar surface area (TPSA) is 143 Å². The monoisotopic (exact) mass is 419 g/mol. The third-order valence-corrected chi connectivity index (χ3v) is 4.63. The van der Waals surface area contributed by atoms with Gasteiger partial charge >= 0.3 is 6.03 Å². The lowest BCUT2D eigenvalue weighted by molar-refractivity contribution is 0.152. The number of pyridine rings is 1. The van der Waals surface area contributed by atoms with Crippen LogP contribution in [0.1, 0.15) is 18.1 Å². The van der Waals surface area contributed by atoms with Crippen LogP contribution in [-0.4, -0.2) is 48.3 Å². The Morgan fingerprint density at radius 3 is 2.85 bits per heavy atom. The second-order valence-corrected chi connectivity index (χ2v) is 6.99. The Kier molecular flexibility index (Phi) is 6.82. The van der Waals surface area contributed by atoms with Crippen molar-refractivity contribution in [2.75, 3.05) is 19.1 Å². The van der Waals surface area contributed by atoms with Crippen molar-refractivity contribution in [2.45, 2.75) is 17.6 Å². The molecule has 1 atom stereocenters. The maximum Gasteiger partial charge on any atom is 0.335 e. The molecule has 0 saturated heterocycles. The van der Waals surface area contributed by atoms with E-state index in [4.69, 9.17) is 16.3 Å². The second kappa shape index (κ2) is 8.88. The Labute approximate surface area is 158 Å². The number of aliphatic hydroxyl groups excluding tert-OH is 1. The van der Waals surface area contributed by atoms with Gasteiger partial charge < -0.3 is 9.84 Å². The summed E-state index contributed by atoms with van der Waals surface area (Å²) in [5, 5.41) is 11.3. The van der Waals surface area contributed by atoms with Crippen molar-refractivity contribution in [3.05, 3.63) is 35.1 Å². The van der Waals surface area contributed by atoms with Crippen LogP contribution in [0.15, 0.2) is 29.4 Å². The van der Waals surface area contributed by atoms with Gasteiger partial charge in [-0.2, -0.15) is 13.4 Å². The zero-order chi connectivity index (χ0) is 20.0. The van der Waals surface area contributed by atoms with E-state index in [0.717, 1.165) is 6.20 Å². The van der Waals surface area contributed by atoms with Crippen LogP contribution in [0.2, 0.25) is 5.15 Å². The fourth-order valence-electron chi connectivity index (χ4n) is 2.00. The highest BCUT2D eigenvalue weighted by molar-refractivity contribution is 7.90. The van der Waals surface area contributed by atoms with Crippen molar-refractivity contribution in [2.24, 2.45) is 0 Å². The maximum absolute atomic E-state index is 12.5. The van der Waals surface area contributed by atoms with Gasteiger partial charge in [0.2, 0.25) is 11.8 Å². The molecule has 0 aromatic carbocycles. The number of nitrogens with zero attached hydrogens (tertiary/aromatic N) is 3. The molecule has 0 radical (unpaired) electrons. The number of ether oxygens (including phenoxy) is 1. The minimum atomic E-state index is -4.47. The van der Waals surface area contributed by atoms with E-state index in [0.29, 0.717) is 0 Å². The molecule has 2 aromatic rings. The van der Waals surface area contributed by atoms with Crippen molar-refractivity contribution < 1.29 is 27.4 Å². The fraction of sp³-hybridized carbons (Fsp3) is 0.286. The number of aromatic nitrogens is 3. The summed E-state index contributed by atoms with van der Waals surface area (Å²) in [6.07, 6.45) is -0.571. The minimum Gasteiger partial charge on any atom is -0.481 e. The lowest BCUT2D eigenvalue weighted by atomic mass is 10.1. The van der Waals surface area contributed by atoms with Crippen LogP contribution < -0.4 is 14.8 Å². The van der Waals surface area contributed by atoms with Crippen LogP contribution in [0.25, 0.3) is 0 Å². The summed E-state index contributed by atoms with van der Waals surface area (Å²) in [4.78, 5) is 23.2. The molecular formula is C14H15ClFN5O5S. The van der Waals surface area contributed by atoms with Crippen LogP contribution in [0.3, 0.4) is 0 Å². The van der Waals surface area contributed by atoms with Crippen molar-refractivity contribution in [1.29, 1.82) is 0 Å². The first kappa shape index (κ1) is 20.7. The van der Waals surface area contributed by atoms with Gasteiger partial charge in [0.25, 0.3) is 10.0 Å². The van der Waals surface area contributed by atoms with Gasteiger partial charge in [-0.15, -0.1) is 0 Å². The van der Waals surface area contributed by atoms with Gasteiger partial charge in [-0.25, -0.2) is 19.5 Å². The maximum atomic E-state index is 12.5. The number of carbonyl (C=O) groups excluding carboxylic acids is 1. The predicted molar refractivity (Wildman–Crippen MR) is 92.7 cm³/mol. The number of rotatable bonds is 7. The normalized spacial score (nSPS) is 12.3. The summed E-state index contributed by atoms with van der Waals surface area (Å²) in [5.41, 5.74) is -0.142. The quantitative estimate of drug-likeness (QED) is 0.572. The molecule has 2 rings (SSSR count). The first-order valence-corrected chi connectivity index (χ1v) is 9.24. The average Bonchev–Trinajstić information content (AvgIpc) is 2.60. The highest BCUT2D eigenvalue weighted by atomic mass is 35.5. The van der Waals surface area contributed by atoms with E-state index in [9.17, 15) is 22.7 Å². The zero-order valence-electron chi connectivity index (χ0n) is 13.9. The van der Waals surface area contributed by atoms with Gasteiger partial charge in [0, 0.05) is 24.2 Å². The van der Waals surface area contributed by atoms with Crippen LogP contribution in [0.5, 0.6) is 5.88 Å². The van der Waals surface area contributed by atoms with Crippen LogP contribution in [0, 0.1) is 0 Å². The Bertz CT molecular complexity index is 930. The molecule has 2 heterocycles. The fourth-order valence-corrected chi connectivity index (χ4v) is 3.27. The number of urea groups is 1. The minimum absolute atomic E-state index is 0.0404. The number of methoxy groups -OCH3 is 1. The Hall–Kier alpha value is -2.57. The van der Waals surface area contributed by atoms with E-state index in [1.165, 1.54) is 25.3 Å². The second-order valence-electron chi connectivity index (χ2n) is 5.01. The molecule has 0 saturated carbocycles. The van der Waals surface area contributed by atoms with E-state index in [1.54, 1.807) is 4.72 Å². The molecule has 0 bridgehead atoms. The summed E-state index contributed by atoms with van der Waals surface area (Å²) in [7, 11) is -3.16. The number of sulfonamides is 1. The Morgan fingerprint density at radius 2 is 2.19 bits per heavy atom. The third-order valence-electron chi connectivity index (χ3n) is 3.13. The van der Waals surface area contributed by atoms with E-state index in [-0.39, 0.29) is 29.0 Å². The molecule has 146 valence electrons. The summed E-state index contributed by atoms with van der Waals surface area (Å²) in [5.74, 6) is -0.250. The van der Waals surface area contributed by atoms with Crippen molar-refractivity contribution in [1.82, 2.24) is 19.7 Å². The molecule has 2 amide bonds. The number of carbonyl (C=O) groups is 1. The number of alkyl halides is 1. The molecule has 0 aliphatic rings. The van der Waals surface area contributed by atoms with Crippen LogP contribution in [-0.2, 0) is 10.0 Å². The standard InChI is InChI=1S/C14H15ClFN5O5S/c1-26-11-7-10(15)18-13(19-11)20-14(23)21-27(24,25)12-8(3-2-6-17-12)9(22)4-5-16/h2-3,6-7,9,22H,4-5H2,1H3,(H2,18,19,20,21,23). The van der Waals surface area contributed by atoms with Crippen molar-refractivity contribution >= 4 is 33.6 Å². The molecule has 1 unspecified atom stereocenters. The largest absolute Gasteiger partial charge is 0.481 e. The summed E-state index contributed by atoms with van der Waals surface area (Å²) >= 11 is 5.74. The molecular weight excluding hydrogens is 405 g/mol. The lowest BCUT2D eigenvalue weighted by Gasteiger charge is -2.14. The lowest BCUT2D eigenvalue weighted by Crippen LogP contribution is -2.36. The number of halogens is 2. The summed E-state index contributed by atoms with van der Waals surface area (Å²) in [6, 6.07) is 2.73. The Morgan fingerprint density at radius 1 is 1.44 bits per heavy atom. The van der Waals surface area contributed by atoms with Gasteiger partial charge in [0.05, 0.1) is 19.9 Å². The van der Waals surface area contributed by atoms with Crippen molar-refractivity contribution in [3.8, 4) is 5.88 Å². The summed E-state index contributed by atoms with van der Waals surface area (Å²) < 4.78 is 43.9. The SMILES string of the molecule is COc1cc(Cl)nc(NC(=O)NS(=O)(=O)c2ncccc2C(O)CCF)n1. The van der Waals surface area contributed by atoms with E-state index < -0.39 is 33.9 Å². The van der Waals surface area contributed by atoms with Crippen LogP contribution >= 0.6 is 11.6 Å². The molecule has 27 heavy (non-hydrogen) atoms. The molecule has 2 aromatic heterocycles. The smallest absolute Gasteiger partial charge is 0.335 e. The molecule has 0 aliphatic heterocycles. The third kappa shape index (κ3) is 5.45. The highest BCUT2D eigenvalue weighted by Crippen LogP contribution is 2.23. The number of amides is 2. The molecule has 0 spiro atoms. The number of nitrogens with one attached hydrogen (secondary N) is 2. The van der Waals surface area contributed by atoms with Gasteiger partial charge in [-0.3, -0.25) is 9.71 Å². The average molecular weight is 420 g/mol. The predicted octanol–water partition coefficient (Wildman–Crippen LogP) is 1.44. The number of aliphatic hydroxyl groups is 1. The number of hydrogen-bond acceptors (Lipinski definition) is 8. The van der Waals surface area contributed by atoms with E-state index >= 15 is 0 Å². The van der Waals surface area contributed by atoms with E-state index in [2.05, 4.69) is 20.3 Å². The molecule has 0 fully saturated rings. The summed E-state index contributed by atoms with van der Waals surface area (Å²) in [6.45, 7) is -0.864. The molecule has 13 heteroatoms. The van der Waals surface area contributed by atoms with Gasteiger partial charge in [0.1, 0.15) is 5.15 Å². The molecule has 10 nitrogen and oxygen atoms in total. The van der Waals surface area contributed by atoms with Gasteiger partial charge in [-0.1, -0.05) is 17.7 Å². The van der Waals surface area contributed by atoms with Gasteiger partial charge in [-0.05, 0) is 6.07 Å². The molecule has 0 aliphatic carbocycles. The number of anilines is 1. The molecule has 3 N–H and O–H groups in total. The first-order valence-electron chi connectivity index (χ1n) is 7.38. The number of hydrogen-bond donors (Lipinski definition) is 3. The Balaban J connectivity index is 2.22. The zero-order valence-corrected chi connectivity index (χ0v) is 15.5. The van der Waals surface area contributed by atoms with E-state index in [1.807, 2.05) is 0 Å².